The summed E-state index contributed by atoms with van der Waals surface area (Å²) in [7, 11) is 0. The molecule has 0 atom stereocenters. The Bertz CT molecular complexity index is 363. The second kappa shape index (κ2) is 4.45. The van der Waals surface area contributed by atoms with Gasteiger partial charge >= 0.3 is 0 Å². The Balaban J connectivity index is 2.91. The SMILES string of the molecule is CCC(=O)Nc1nc(C)cc(C=O)n1. The van der Waals surface area contributed by atoms with Crippen LogP contribution in [0.3, 0.4) is 0 Å². The minimum Gasteiger partial charge on any atom is -0.296 e. The van der Waals surface area contributed by atoms with Crippen LogP contribution in [0.25, 0.3) is 0 Å². The first-order valence-corrected chi connectivity index (χ1v) is 4.26. The second-order valence-electron chi connectivity index (χ2n) is 2.78. The van der Waals surface area contributed by atoms with Gasteiger partial charge in [-0.15, -0.1) is 0 Å². The molecule has 0 fully saturated rings. The standard InChI is InChI=1S/C9H11N3O2/c1-3-8(14)12-9-10-6(2)4-7(5-13)11-9/h4-5H,3H2,1-2H3,(H,10,11,12,14). The molecule has 1 N–H and O–H groups in total. The van der Waals surface area contributed by atoms with E-state index in [1.54, 1.807) is 19.9 Å². The summed E-state index contributed by atoms with van der Waals surface area (Å²) in [6, 6.07) is 1.55. The number of carbonyl (C=O) groups is 2. The zero-order valence-corrected chi connectivity index (χ0v) is 8.07. The Morgan fingerprint density at radius 2 is 2.29 bits per heavy atom. The van der Waals surface area contributed by atoms with Gasteiger partial charge in [-0.1, -0.05) is 6.92 Å². The highest BCUT2D eigenvalue weighted by atomic mass is 16.1. The summed E-state index contributed by atoms with van der Waals surface area (Å²) in [5.74, 6) is 0.00592. The van der Waals surface area contributed by atoms with Gasteiger partial charge in [0.25, 0.3) is 0 Å². The van der Waals surface area contributed by atoms with Crippen LogP contribution < -0.4 is 5.32 Å². The van der Waals surface area contributed by atoms with Crippen molar-refractivity contribution in [1.82, 2.24) is 9.97 Å². The molecule has 0 aromatic carbocycles. The Hall–Kier alpha value is -1.78. The Kier molecular flexibility index (Phi) is 3.28. The monoisotopic (exact) mass is 193 g/mol. The van der Waals surface area contributed by atoms with Gasteiger partial charge in [-0.3, -0.25) is 14.9 Å². The number of amides is 1. The Morgan fingerprint density at radius 3 is 2.86 bits per heavy atom. The molecule has 0 bridgehead atoms. The van der Waals surface area contributed by atoms with E-state index in [9.17, 15) is 9.59 Å². The molecule has 5 heteroatoms. The number of aldehydes is 1. The van der Waals surface area contributed by atoms with Crippen molar-refractivity contribution in [3.05, 3.63) is 17.5 Å². The quantitative estimate of drug-likeness (QED) is 0.725. The first-order chi connectivity index (χ1) is 6.65. The number of anilines is 1. The minimum absolute atomic E-state index is 0.174. The lowest BCUT2D eigenvalue weighted by molar-refractivity contribution is -0.115. The van der Waals surface area contributed by atoms with Crippen molar-refractivity contribution in [3.8, 4) is 0 Å². The van der Waals surface area contributed by atoms with Gasteiger partial charge in [0.2, 0.25) is 11.9 Å². The van der Waals surface area contributed by atoms with E-state index in [1.165, 1.54) is 0 Å². The van der Waals surface area contributed by atoms with Crippen LogP contribution in [0.1, 0.15) is 29.5 Å². The zero-order chi connectivity index (χ0) is 10.6. The molecule has 0 saturated heterocycles. The molecule has 0 spiro atoms. The van der Waals surface area contributed by atoms with Gasteiger partial charge in [-0.05, 0) is 13.0 Å². The number of hydrogen-bond acceptors (Lipinski definition) is 4. The summed E-state index contributed by atoms with van der Waals surface area (Å²) in [6.45, 7) is 3.46. The molecular weight excluding hydrogens is 182 g/mol. The average Bonchev–Trinajstić information content (AvgIpc) is 2.16. The topological polar surface area (TPSA) is 72.0 Å². The van der Waals surface area contributed by atoms with Crippen molar-refractivity contribution in [2.75, 3.05) is 5.32 Å². The fraction of sp³-hybridized carbons (Fsp3) is 0.333. The molecule has 0 saturated carbocycles. The molecule has 14 heavy (non-hydrogen) atoms. The summed E-state index contributed by atoms with van der Waals surface area (Å²) in [5, 5.41) is 2.49. The van der Waals surface area contributed by atoms with E-state index in [4.69, 9.17) is 0 Å². The first-order valence-electron chi connectivity index (χ1n) is 4.26. The van der Waals surface area contributed by atoms with Crippen LogP contribution in [-0.2, 0) is 4.79 Å². The number of carbonyl (C=O) groups excluding carboxylic acids is 2. The van der Waals surface area contributed by atoms with Crippen LogP contribution in [0.2, 0.25) is 0 Å². The fourth-order valence-electron chi connectivity index (χ4n) is 0.922. The van der Waals surface area contributed by atoms with Gasteiger partial charge in [-0.2, -0.15) is 0 Å². The number of nitrogens with one attached hydrogen (secondary N) is 1. The maximum Gasteiger partial charge on any atom is 0.230 e. The van der Waals surface area contributed by atoms with E-state index in [2.05, 4.69) is 15.3 Å². The van der Waals surface area contributed by atoms with E-state index in [-0.39, 0.29) is 17.5 Å². The van der Waals surface area contributed by atoms with Crippen LogP contribution in [0.15, 0.2) is 6.07 Å². The van der Waals surface area contributed by atoms with Crippen molar-refractivity contribution >= 4 is 18.1 Å². The van der Waals surface area contributed by atoms with Crippen LogP contribution in [-0.4, -0.2) is 22.2 Å². The second-order valence-corrected chi connectivity index (χ2v) is 2.78. The molecule has 1 amide bonds. The van der Waals surface area contributed by atoms with Crippen molar-refractivity contribution in [2.45, 2.75) is 20.3 Å². The van der Waals surface area contributed by atoms with Gasteiger partial charge in [0.1, 0.15) is 5.69 Å². The van der Waals surface area contributed by atoms with E-state index in [0.717, 1.165) is 0 Å². The molecule has 0 radical (unpaired) electrons. The lowest BCUT2D eigenvalue weighted by atomic mass is 10.3. The van der Waals surface area contributed by atoms with E-state index < -0.39 is 0 Å². The van der Waals surface area contributed by atoms with Crippen molar-refractivity contribution in [2.24, 2.45) is 0 Å². The molecule has 0 aliphatic carbocycles. The summed E-state index contributed by atoms with van der Waals surface area (Å²) in [5.41, 5.74) is 0.914. The van der Waals surface area contributed by atoms with Crippen molar-refractivity contribution in [1.29, 1.82) is 0 Å². The molecule has 0 aliphatic rings. The summed E-state index contributed by atoms with van der Waals surface area (Å²) < 4.78 is 0. The summed E-state index contributed by atoms with van der Waals surface area (Å²) in [6.07, 6.45) is 0.976. The summed E-state index contributed by atoms with van der Waals surface area (Å²) >= 11 is 0. The van der Waals surface area contributed by atoms with E-state index in [1.807, 2.05) is 0 Å². The largest absolute Gasteiger partial charge is 0.296 e. The molecule has 0 unspecified atom stereocenters. The highest BCUT2D eigenvalue weighted by Crippen LogP contribution is 2.03. The minimum atomic E-state index is -0.174. The van der Waals surface area contributed by atoms with Gasteiger partial charge < -0.3 is 0 Å². The van der Waals surface area contributed by atoms with Crippen LogP contribution in [0.5, 0.6) is 0 Å². The van der Waals surface area contributed by atoms with Crippen LogP contribution >= 0.6 is 0 Å². The number of hydrogen-bond donors (Lipinski definition) is 1. The molecule has 1 rings (SSSR count). The molecule has 1 aromatic rings. The molecule has 1 heterocycles. The third-order valence-corrected chi connectivity index (χ3v) is 1.57. The highest BCUT2D eigenvalue weighted by Gasteiger charge is 2.04. The van der Waals surface area contributed by atoms with E-state index >= 15 is 0 Å². The van der Waals surface area contributed by atoms with Crippen LogP contribution in [0, 0.1) is 6.92 Å². The predicted molar refractivity (Wildman–Crippen MR) is 51.1 cm³/mol. The van der Waals surface area contributed by atoms with E-state index in [0.29, 0.717) is 18.4 Å². The lowest BCUT2D eigenvalue weighted by Crippen LogP contribution is -2.13. The van der Waals surface area contributed by atoms with Crippen molar-refractivity contribution in [3.63, 3.8) is 0 Å². The third kappa shape index (κ3) is 2.62. The number of aromatic nitrogens is 2. The summed E-state index contributed by atoms with van der Waals surface area (Å²) in [4.78, 5) is 29.3. The number of rotatable bonds is 3. The molecule has 0 aliphatic heterocycles. The molecule has 1 aromatic heterocycles. The average molecular weight is 193 g/mol. The van der Waals surface area contributed by atoms with Gasteiger partial charge in [0, 0.05) is 12.1 Å². The van der Waals surface area contributed by atoms with Gasteiger partial charge in [0.15, 0.2) is 6.29 Å². The van der Waals surface area contributed by atoms with Crippen LogP contribution in [0.4, 0.5) is 5.95 Å². The normalized spacial score (nSPS) is 9.57. The number of nitrogens with zero attached hydrogens (tertiary/aromatic N) is 2. The molecule has 74 valence electrons. The maximum atomic E-state index is 11.0. The smallest absolute Gasteiger partial charge is 0.230 e. The maximum absolute atomic E-state index is 11.0. The van der Waals surface area contributed by atoms with Gasteiger partial charge in [0.05, 0.1) is 0 Å². The zero-order valence-electron chi connectivity index (χ0n) is 8.07. The molecule has 5 nitrogen and oxygen atoms in total. The lowest BCUT2D eigenvalue weighted by Gasteiger charge is -2.02. The predicted octanol–water partition coefficient (Wildman–Crippen LogP) is 0.946. The fourth-order valence-corrected chi connectivity index (χ4v) is 0.922. The number of aryl methyl sites for hydroxylation is 1. The highest BCUT2D eigenvalue weighted by molar-refractivity contribution is 5.89. The molecular formula is C9H11N3O2. The Labute approximate surface area is 81.6 Å². The van der Waals surface area contributed by atoms with Crippen molar-refractivity contribution < 1.29 is 9.59 Å². The third-order valence-electron chi connectivity index (χ3n) is 1.57. The Morgan fingerprint density at radius 1 is 1.57 bits per heavy atom. The van der Waals surface area contributed by atoms with Gasteiger partial charge in [-0.25, -0.2) is 9.97 Å². The first kappa shape index (κ1) is 10.3.